The van der Waals surface area contributed by atoms with E-state index in [9.17, 15) is 41.9 Å². The van der Waals surface area contributed by atoms with E-state index >= 15 is 0 Å². The van der Waals surface area contributed by atoms with Crippen molar-refractivity contribution in [1.82, 2.24) is 74.5 Å². The molecule has 0 fully saturated rings. The van der Waals surface area contributed by atoms with Gasteiger partial charge in [0.2, 0.25) is 0 Å². The second kappa shape index (κ2) is 27.3. The van der Waals surface area contributed by atoms with Crippen LogP contribution in [0, 0.1) is 59.0 Å². The zero-order valence-corrected chi connectivity index (χ0v) is 52.8. The van der Waals surface area contributed by atoms with Gasteiger partial charge >= 0.3 is 17.1 Å². The molecule has 0 aliphatic carbocycles. The van der Waals surface area contributed by atoms with Gasteiger partial charge < -0.3 is 29.7 Å². The minimum atomic E-state index is -0.743. The summed E-state index contributed by atoms with van der Waals surface area (Å²) in [4.78, 5) is 104. The highest BCUT2D eigenvalue weighted by Crippen LogP contribution is 2.28. The smallest absolute Gasteiger partial charge is 0.321 e. The third-order valence-corrected chi connectivity index (χ3v) is 16.3. The number of fused-ring (bicyclic) bond motifs is 6. The predicted octanol–water partition coefficient (Wildman–Crippen LogP) is 8.34. The summed E-state index contributed by atoms with van der Waals surface area (Å²) in [6.45, 7) is 22.8. The molecule has 0 aromatic heterocycles. The van der Waals surface area contributed by atoms with Crippen LogP contribution in [0.5, 0.6) is 0 Å². The molecule has 0 spiro atoms. The molecule has 6 N–H and O–H groups in total. The maximum Gasteiger partial charge on any atom is 0.349 e. The molecule has 6 aromatic carbocycles. The van der Waals surface area contributed by atoms with Crippen LogP contribution in [0.2, 0.25) is 5.02 Å². The van der Waals surface area contributed by atoms with Crippen molar-refractivity contribution in [2.75, 3.05) is 19.6 Å². The van der Waals surface area contributed by atoms with Crippen molar-refractivity contribution in [3.8, 4) is 34.6 Å². The summed E-state index contributed by atoms with van der Waals surface area (Å²) in [5, 5.41) is 9.88. The van der Waals surface area contributed by atoms with Crippen LogP contribution in [0.15, 0.2) is 126 Å². The predicted molar refractivity (Wildman–Crippen MR) is 350 cm³/mol. The molecular formula is C67H67ClF3N15O6. The first-order valence-corrected chi connectivity index (χ1v) is 30.0. The molecule has 0 bridgehead atoms. The van der Waals surface area contributed by atoms with Crippen molar-refractivity contribution in [2.45, 2.75) is 107 Å². The molecule has 25 heteroatoms. The molecule has 92 heavy (non-hydrogen) atoms. The SMILES string of the molecule is Cc1cc2nc3c(=O)[nH]c(=O)nc-3n(CCNCc3ccc(C(C)(C)C)cc3)c2cc1C.Cc1cc2nc3c(=O)[nH]c(=O)nc-3n(CCNCc3ccc(Cl)c(F)c3)c2cc1C.Cc1cc2nc3c(=O)[nH]c(=O)nc-3n(CCNCc3ccc(F)cc3F)c2cc1C. The molecule has 0 unspecified atom stereocenters. The standard InChI is InChI=1S/C25H29N5O2.C21H19ClFN5O2.C21H19F2N5O2/c1-15-12-19-20(13-16(15)2)30(22-21(27-19)23(31)29-24(32)28-22)11-10-26-14-17-6-8-18(9-7-17)25(3,4)5;1-11-7-16-17(8-12(11)2)28(19-18(25-16)20(29)27-21(30)26-19)6-5-24-10-13-3-4-14(22)15(23)9-13;1-11-7-16-17(8-12(11)2)28(19-18(25-16)20(29)27-21(30)26-19)6-5-24-10-13-3-4-14(22)9-15(13)23/h6-9,12-13,26H,10-11,14H2,1-5H3,(H,29,31,32);2*3-4,7-9,24H,5-6,10H2,1-2H3,(H,27,29,30). The molecule has 12 rings (SSSR count). The second-order valence-corrected chi connectivity index (χ2v) is 24.1. The minimum Gasteiger partial charge on any atom is -0.321 e. The molecule has 6 aromatic rings. The lowest BCUT2D eigenvalue weighted by atomic mass is 9.87. The first kappa shape index (κ1) is 65.1. The topological polar surface area (TPSA) is 278 Å². The van der Waals surface area contributed by atoms with E-state index in [1.54, 1.807) is 10.6 Å². The van der Waals surface area contributed by atoms with E-state index in [0.29, 0.717) is 73.8 Å². The number of benzene rings is 6. The van der Waals surface area contributed by atoms with Gasteiger partial charge in [-0.2, -0.15) is 15.0 Å². The van der Waals surface area contributed by atoms with Crippen LogP contribution in [0.4, 0.5) is 13.2 Å². The Morgan fingerprint density at radius 1 is 0.435 bits per heavy atom. The van der Waals surface area contributed by atoms with E-state index in [1.807, 2.05) is 87.1 Å². The minimum absolute atomic E-state index is 0.0786. The Bertz CT molecular complexity index is 5060. The molecule has 6 aliphatic heterocycles. The van der Waals surface area contributed by atoms with Gasteiger partial charge in [-0.05, 0) is 152 Å². The Morgan fingerprint density at radius 3 is 1.18 bits per heavy atom. The Labute approximate surface area is 529 Å². The maximum atomic E-state index is 13.8. The first-order chi connectivity index (χ1) is 43.8. The highest BCUT2D eigenvalue weighted by atomic mass is 35.5. The van der Waals surface area contributed by atoms with E-state index in [2.05, 4.69) is 106 Å². The van der Waals surface area contributed by atoms with Crippen LogP contribution >= 0.6 is 11.6 Å². The number of aromatic amines is 3. The van der Waals surface area contributed by atoms with Gasteiger partial charge in [0.05, 0.1) is 38.1 Å². The largest absolute Gasteiger partial charge is 0.349 e. The van der Waals surface area contributed by atoms with Crippen LogP contribution in [-0.4, -0.2) is 78.2 Å². The van der Waals surface area contributed by atoms with Gasteiger partial charge in [0.25, 0.3) is 16.7 Å². The summed E-state index contributed by atoms with van der Waals surface area (Å²) in [6.07, 6.45) is 0. The summed E-state index contributed by atoms with van der Waals surface area (Å²) in [5.41, 5.74) is 11.1. The fourth-order valence-electron chi connectivity index (χ4n) is 10.5. The zero-order chi connectivity index (χ0) is 65.9. The van der Waals surface area contributed by atoms with Crippen LogP contribution in [0.1, 0.15) is 76.4 Å². The molecule has 0 amide bonds. The van der Waals surface area contributed by atoms with Gasteiger partial charge in [-0.3, -0.25) is 29.3 Å². The third kappa shape index (κ3) is 14.6. The van der Waals surface area contributed by atoms with Crippen molar-refractivity contribution in [3.63, 3.8) is 0 Å². The van der Waals surface area contributed by atoms with Gasteiger partial charge in [0, 0.05) is 70.5 Å². The monoisotopic (exact) mass is 1270 g/mol. The summed E-state index contributed by atoms with van der Waals surface area (Å²) in [5.74, 6) is -0.977. The second-order valence-electron chi connectivity index (χ2n) is 23.7. The van der Waals surface area contributed by atoms with Crippen LogP contribution in [0.3, 0.4) is 0 Å². The summed E-state index contributed by atoms with van der Waals surface area (Å²) < 4.78 is 46.0. The molecule has 0 saturated heterocycles. The normalized spacial score (nSPS) is 11.7. The molecule has 0 radical (unpaired) electrons. The molecular weight excluding hydrogens is 1200 g/mol. The lowest BCUT2D eigenvalue weighted by Crippen LogP contribution is -2.30. The number of nitrogens with one attached hydrogen (secondary N) is 6. The van der Waals surface area contributed by atoms with Crippen LogP contribution in [-0.2, 0) is 44.7 Å². The van der Waals surface area contributed by atoms with E-state index < -0.39 is 51.2 Å². The number of halogens is 4. The van der Waals surface area contributed by atoms with Crippen molar-refractivity contribution >= 4 is 44.7 Å². The maximum absolute atomic E-state index is 13.8. The van der Waals surface area contributed by atoms with E-state index in [0.717, 1.165) is 68.1 Å². The quantitative estimate of drug-likeness (QED) is 0.0416. The molecule has 21 nitrogen and oxygen atoms in total. The van der Waals surface area contributed by atoms with Crippen molar-refractivity contribution in [3.05, 3.63) is 238 Å². The van der Waals surface area contributed by atoms with Gasteiger partial charge in [0.15, 0.2) is 34.6 Å². The Hall–Kier alpha value is -9.88. The summed E-state index contributed by atoms with van der Waals surface area (Å²) >= 11 is 5.72. The van der Waals surface area contributed by atoms with E-state index in [1.165, 1.54) is 35.4 Å². The molecule has 0 atom stereocenters. The van der Waals surface area contributed by atoms with Crippen molar-refractivity contribution < 1.29 is 13.2 Å². The highest BCUT2D eigenvalue weighted by Gasteiger charge is 2.23. The Morgan fingerprint density at radius 2 is 0.804 bits per heavy atom. The summed E-state index contributed by atoms with van der Waals surface area (Å²) in [7, 11) is 0. The van der Waals surface area contributed by atoms with Gasteiger partial charge in [-0.25, -0.2) is 42.5 Å². The van der Waals surface area contributed by atoms with Gasteiger partial charge in [-0.1, -0.05) is 68.8 Å². The third-order valence-electron chi connectivity index (χ3n) is 16.0. The number of aromatic nitrogens is 12. The van der Waals surface area contributed by atoms with Gasteiger partial charge in [0.1, 0.15) is 17.5 Å². The number of aryl methyl sites for hydroxylation is 6. The average Bonchev–Trinajstić information content (AvgIpc) is 0.775. The van der Waals surface area contributed by atoms with Gasteiger partial charge in [-0.15, -0.1) is 0 Å². The molecule has 0 saturated carbocycles. The fourth-order valence-corrected chi connectivity index (χ4v) is 10.6. The van der Waals surface area contributed by atoms with E-state index in [-0.39, 0.29) is 45.7 Å². The number of H-pyrrole nitrogens is 3. The number of rotatable bonds is 15. The van der Waals surface area contributed by atoms with Crippen molar-refractivity contribution in [1.29, 1.82) is 0 Å². The number of nitrogens with zero attached hydrogens (tertiary/aromatic N) is 9. The molecule has 474 valence electrons. The van der Waals surface area contributed by atoms with Crippen LogP contribution in [0.25, 0.3) is 67.7 Å². The number of hydrogen-bond donors (Lipinski definition) is 6. The van der Waals surface area contributed by atoms with Crippen molar-refractivity contribution in [2.24, 2.45) is 0 Å². The number of hydrogen-bond acceptors (Lipinski definition) is 15. The first-order valence-electron chi connectivity index (χ1n) is 29.6. The Kier molecular flexibility index (Phi) is 19.3. The average molecular weight is 1270 g/mol. The highest BCUT2D eigenvalue weighted by molar-refractivity contribution is 6.30. The molecule has 6 aliphatic rings. The lowest BCUT2D eigenvalue weighted by molar-refractivity contribution is 0.550. The zero-order valence-electron chi connectivity index (χ0n) is 52.1. The molecule has 6 heterocycles. The fraction of sp³-hybridized carbons (Fsp3) is 0.284. The Balaban J connectivity index is 0.000000151. The summed E-state index contributed by atoms with van der Waals surface area (Å²) in [6, 6.07) is 28.4. The lowest BCUT2D eigenvalue weighted by Gasteiger charge is -2.19. The van der Waals surface area contributed by atoms with E-state index in [4.69, 9.17) is 11.6 Å². The van der Waals surface area contributed by atoms with Crippen LogP contribution < -0.4 is 49.7 Å².